The van der Waals surface area contributed by atoms with Gasteiger partial charge in [-0.1, -0.05) is 84.4 Å². The lowest BCUT2D eigenvalue weighted by Crippen LogP contribution is -2.34. The minimum atomic E-state index is -0.528. The number of hydrogen-bond acceptors (Lipinski definition) is 3. The zero-order chi connectivity index (χ0) is 20.5. The number of hydroxylamine groups is 1. The first-order valence-corrected chi connectivity index (χ1v) is 9.56. The van der Waals surface area contributed by atoms with Gasteiger partial charge in [-0.05, 0) is 23.3 Å². The number of carbonyl (C=O) groups is 2. The molecule has 6 heteroatoms. The standard InChI is InChI=1S/C23H21ClN2O3/c24-20-14-8-7-13-19(20)23(28)25-21(18-11-5-2-6-12-18)15-22(27)26-29-16-17-9-3-1-4-10-17/h1-14,21H,15-16H2,(H,25,28)(H,26,27). The lowest BCUT2D eigenvalue weighted by Gasteiger charge is -2.19. The Hall–Kier alpha value is -3.15. The van der Waals surface area contributed by atoms with Crippen molar-refractivity contribution >= 4 is 23.4 Å². The fourth-order valence-corrected chi connectivity index (χ4v) is 3.04. The van der Waals surface area contributed by atoms with Crippen LogP contribution < -0.4 is 10.8 Å². The van der Waals surface area contributed by atoms with E-state index in [1.807, 2.05) is 60.7 Å². The quantitative estimate of drug-likeness (QED) is 0.541. The van der Waals surface area contributed by atoms with E-state index in [0.717, 1.165) is 11.1 Å². The van der Waals surface area contributed by atoms with Gasteiger partial charge in [0.1, 0.15) is 0 Å². The average molecular weight is 409 g/mol. The Morgan fingerprint density at radius 2 is 1.48 bits per heavy atom. The summed E-state index contributed by atoms with van der Waals surface area (Å²) in [5.74, 6) is -0.684. The van der Waals surface area contributed by atoms with Crippen LogP contribution in [0.25, 0.3) is 0 Å². The highest BCUT2D eigenvalue weighted by Crippen LogP contribution is 2.20. The summed E-state index contributed by atoms with van der Waals surface area (Å²) in [6.07, 6.45) is 0.0228. The van der Waals surface area contributed by atoms with Crippen LogP contribution >= 0.6 is 11.6 Å². The molecule has 0 aliphatic rings. The summed E-state index contributed by atoms with van der Waals surface area (Å²) in [6, 6.07) is 25.1. The second kappa shape index (κ2) is 10.4. The maximum absolute atomic E-state index is 12.7. The molecule has 3 rings (SSSR count). The van der Waals surface area contributed by atoms with E-state index in [-0.39, 0.29) is 24.8 Å². The summed E-state index contributed by atoms with van der Waals surface area (Å²) >= 11 is 6.12. The van der Waals surface area contributed by atoms with Gasteiger partial charge in [0.2, 0.25) is 5.91 Å². The monoisotopic (exact) mass is 408 g/mol. The van der Waals surface area contributed by atoms with Gasteiger partial charge < -0.3 is 5.32 Å². The van der Waals surface area contributed by atoms with Gasteiger partial charge in [0.05, 0.1) is 29.7 Å². The molecule has 0 aliphatic carbocycles. The molecule has 3 aromatic rings. The second-order valence-electron chi connectivity index (χ2n) is 6.42. The van der Waals surface area contributed by atoms with Crippen molar-refractivity contribution in [1.29, 1.82) is 0 Å². The van der Waals surface area contributed by atoms with Crippen LogP contribution in [0.3, 0.4) is 0 Å². The first-order valence-electron chi connectivity index (χ1n) is 9.18. The van der Waals surface area contributed by atoms with Gasteiger partial charge in [0.25, 0.3) is 5.91 Å². The number of nitrogens with one attached hydrogen (secondary N) is 2. The Bertz CT molecular complexity index is 949. The molecule has 0 saturated carbocycles. The van der Waals surface area contributed by atoms with Crippen LogP contribution in [0.2, 0.25) is 5.02 Å². The minimum absolute atomic E-state index is 0.0228. The number of carbonyl (C=O) groups excluding carboxylic acids is 2. The molecule has 3 aromatic carbocycles. The van der Waals surface area contributed by atoms with Crippen molar-refractivity contribution < 1.29 is 14.4 Å². The Morgan fingerprint density at radius 3 is 2.17 bits per heavy atom. The fourth-order valence-electron chi connectivity index (χ4n) is 2.82. The van der Waals surface area contributed by atoms with Gasteiger partial charge in [-0.3, -0.25) is 14.4 Å². The molecule has 0 aromatic heterocycles. The van der Waals surface area contributed by atoms with Crippen LogP contribution in [0.1, 0.15) is 33.9 Å². The van der Waals surface area contributed by atoms with Gasteiger partial charge in [-0.2, -0.15) is 0 Å². The van der Waals surface area contributed by atoms with E-state index in [4.69, 9.17) is 16.4 Å². The highest BCUT2D eigenvalue weighted by atomic mass is 35.5. The van der Waals surface area contributed by atoms with Gasteiger partial charge >= 0.3 is 0 Å². The number of hydrogen-bond donors (Lipinski definition) is 2. The number of rotatable bonds is 8. The number of benzene rings is 3. The molecule has 29 heavy (non-hydrogen) atoms. The summed E-state index contributed by atoms with van der Waals surface area (Å²) < 4.78 is 0. The predicted molar refractivity (Wildman–Crippen MR) is 112 cm³/mol. The highest BCUT2D eigenvalue weighted by Gasteiger charge is 2.20. The first kappa shape index (κ1) is 20.6. The SMILES string of the molecule is O=C(CC(NC(=O)c1ccccc1Cl)c1ccccc1)NOCc1ccccc1. The lowest BCUT2D eigenvalue weighted by molar-refractivity contribution is -0.135. The predicted octanol–water partition coefficient (Wildman–Crippen LogP) is 4.45. The highest BCUT2D eigenvalue weighted by molar-refractivity contribution is 6.33. The smallest absolute Gasteiger partial charge is 0.253 e. The molecule has 1 unspecified atom stereocenters. The summed E-state index contributed by atoms with van der Waals surface area (Å²) in [6.45, 7) is 0.258. The van der Waals surface area contributed by atoms with E-state index < -0.39 is 6.04 Å². The zero-order valence-electron chi connectivity index (χ0n) is 15.7. The molecule has 0 heterocycles. The zero-order valence-corrected chi connectivity index (χ0v) is 16.4. The van der Waals surface area contributed by atoms with Crippen LogP contribution in [0.15, 0.2) is 84.9 Å². The molecule has 0 aliphatic heterocycles. The molecule has 5 nitrogen and oxygen atoms in total. The van der Waals surface area contributed by atoms with E-state index in [2.05, 4.69) is 10.8 Å². The Morgan fingerprint density at radius 1 is 0.862 bits per heavy atom. The van der Waals surface area contributed by atoms with E-state index in [9.17, 15) is 9.59 Å². The summed E-state index contributed by atoms with van der Waals surface area (Å²) in [5.41, 5.74) is 4.55. The van der Waals surface area contributed by atoms with Gasteiger partial charge in [-0.15, -0.1) is 0 Å². The van der Waals surface area contributed by atoms with Crippen LogP contribution in [0, 0.1) is 0 Å². The van der Waals surface area contributed by atoms with Crippen molar-refractivity contribution in [3.8, 4) is 0 Å². The topological polar surface area (TPSA) is 67.4 Å². The van der Waals surface area contributed by atoms with Crippen molar-refractivity contribution in [1.82, 2.24) is 10.8 Å². The molecule has 0 saturated heterocycles. The van der Waals surface area contributed by atoms with Gasteiger partial charge in [0, 0.05) is 0 Å². The van der Waals surface area contributed by atoms with Gasteiger partial charge in [0.15, 0.2) is 0 Å². The van der Waals surface area contributed by atoms with Crippen LogP contribution in [0.4, 0.5) is 0 Å². The van der Waals surface area contributed by atoms with Crippen LogP contribution in [0.5, 0.6) is 0 Å². The van der Waals surface area contributed by atoms with E-state index >= 15 is 0 Å². The van der Waals surface area contributed by atoms with E-state index in [1.165, 1.54) is 0 Å². The van der Waals surface area contributed by atoms with Crippen molar-refractivity contribution in [2.75, 3.05) is 0 Å². The van der Waals surface area contributed by atoms with Crippen molar-refractivity contribution in [3.63, 3.8) is 0 Å². The Kier molecular flexibility index (Phi) is 7.39. The molecule has 2 N–H and O–H groups in total. The molecule has 0 spiro atoms. The third-order valence-electron chi connectivity index (χ3n) is 4.28. The fraction of sp³-hybridized carbons (Fsp3) is 0.130. The number of amides is 2. The third-order valence-corrected chi connectivity index (χ3v) is 4.61. The summed E-state index contributed by atoms with van der Waals surface area (Å²) in [4.78, 5) is 30.4. The maximum atomic E-state index is 12.7. The molecule has 0 radical (unpaired) electrons. The molecule has 148 valence electrons. The lowest BCUT2D eigenvalue weighted by atomic mass is 10.0. The normalized spacial score (nSPS) is 11.5. The van der Waals surface area contributed by atoms with Crippen molar-refractivity contribution in [2.24, 2.45) is 0 Å². The Balaban J connectivity index is 1.63. The maximum Gasteiger partial charge on any atom is 0.253 e. The molecular formula is C23H21ClN2O3. The second-order valence-corrected chi connectivity index (χ2v) is 6.83. The van der Waals surface area contributed by atoms with E-state index in [1.54, 1.807) is 24.3 Å². The summed E-state index contributed by atoms with van der Waals surface area (Å²) in [5, 5.41) is 3.24. The van der Waals surface area contributed by atoms with E-state index in [0.29, 0.717) is 10.6 Å². The number of halogens is 1. The summed E-state index contributed by atoms with van der Waals surface area (Å²) in [7, 11) is 0. The third kappa shape index (κ3) is 6.17. The van der Waals surface area contributed by atoms with Crippen molar-refractivity contribution in [2.45, 2.75) is 19.1 Å². The Labute approximate surface area is 174 Å². The van der Waals surface area contributed by atoms with Crippen LogP contribution in [-0.2, 0) is 16.2 Å². The molecule has 0 fully saturated rings. The molecule has 0 bridgehead atoms. The van der Waals surface area contributed by atoms with Crippen molar-refractivity contribution in [3.05, 3.63) is 107 Å². The van der Waals surface area contributed by atoms with Crippen LogP contribution in [-0.4, -0.2) is 11.8 Å². The molecular weight excluding hydrogens is 388 g/mol. The first-order chi connectivity index (χ1) is 14.1. The van der Waals surface area contributed by atoms with Gasteiger partial charge in [-0.25, -0.2) is 5.48 Å². The average Bonchev–Trinajstić information content (AvgIpc) is 2.75. The molecule has 1 atom stereocenters. The largest absolute Gasteiger partial charge is 0.345 e. The molecule has 2 amide bonds. The minimum Gasteiger partial charge on any atom is -0.345 e.